The first-order valence-corrected chi connectivity index (χ1v) is 35.8. The van der Waals surface area contributed by atoms with E-state index in [1.54, 1.807) is 54.5 Å². The van der Waals surface area contributed by atoms with Gasteiger partial charge < -0.3 is 65.6 Å². The molecule has 0 aromatic carbocycles. The lowest BCUT2D eigenvalue weighted by atomic mass is 9.91. The zero-order valence-electron chi connectivity index (χ0n) is 63.2. The number of amides is 11. The summed E-state index contributed by atoms with van der Waals surface area (Å²) < 4.78 is 0. The summed E-state index contributed by atoms with van der Waals surface area (Å²) in [6.45, 7) is 38.3. The summed E-state index contributed by atoms with van der Waals surface area (Å²) in [4.78, 5) is 176. The quantitative estimate of drug-likeness (QED) is 0.0708. The fourth-order valence-electron chi connectivity index (χ4n) is 12.0. The van der Waals surface area contributed by atoms with Crippen LogP contribution >= 0.6 is 11.8 Å². The van der Waals surface area contributed by atoms with E-state index in [1.165, 1.54) is 104 Å². The van der Waals surface area contributed by atoms with E-state index in [-0.39, 0.29) is 55.1 Å². The van der Waals surface area contributed by atoms with Gasteiger partial charge in [0.25, 0.3) is 0 Å². The number of aliphatic hydroxyl groups excluding tert-OH is 1. The van der Waals surface area contributed by atoms with Crippen molar-refractivity contribution in [3.8, 4) is 0 Å². The van der Waals surface area contributed by atoms with Crippen LogP contribution in [-0.2, 0) is 52.7 Å². The number of carbonyl (C=O) groups is 11. The summed E-state index contributed by atoms with van der Waals surface area (Å²) in [7, 11) is 10.2. The number of aliphatic hydroxyl groups is 1. The zero-order chi connectivity index (χ0) is 73.5. The van der Waals surface area contributed by atoms with Crippen molar-refractivity contribution in [1.29, 1.82) is 0 Å². The number of thioether (sulfide) groups is 1. The van der Waals surface area contributed by atoms with E-state index in [1.807, 2.05) is 82.2 Å². The smallest absolute Gasteiger partial charge is 0.246 e. The van der Waals surface area contributed by atoms with Crippen molar-refractivity contribution in [2.45, 2.75) is 243 Å². The fraction of sp³-hybridized carbons (Fsp3) is 0.814. The summed E-state index contributed by atoms with van der Waals surface area (Å²) in [6, 6.07) is -13.8. The predicted molar refractivity (Wildman–Crippen MR) is 377 cm³/mol. The molecule has 0 aliphatic carbocycles. The van der Waals surface area contributed by atoms with E-state index in [0.29, 0.717) is 18.7 Å². The van der Waals surface area contributed by atoms with Gasteiger partial charge in [-0.25, -0.2) is 0 Å². The van der Waals surface area contributed by atoms with Gasteiger partial charge in [-0.3, -0.25) is 52.7 Å². The highest BCUT2D eigenvalue weighted by Gasteiger charge is 2.47. The molecule has 0 bridgehead atoms. The number of rotatable bonds is 22. The van der Waals surface area contributed by atoms with Crippen LogP contribution in [0.4, 0.5) is 0 Å². The molecule has 1 saturated heterocycles. The summed E-state index contributed by atoms with van der Waals surface area (Å²) in [5, 5.41) is 23.7. The van der Waals surface area contributed by atoms with Crippen molar-refractivity contribution in [2.75, 3.05) is 80.5 Å². The first kappa shape index (κ1) is 87.2. The molecule has 95 heavy (non-hydrogen) atoms. The Hall–Kier alpha value is -5.82. The maximum atomic E-state index is 15.5. The summed E-state index contributed by atoms with van der Waals surface area (Å²) in [6.07, 6.45) is 2.98. The van der Waals surface area contributed by atoms with E-state index < -0.39 is 161 Å². The Labute approximate surface area is 575 Å². The minimum absolute atomic E-state index is 0.0809. The lowest BCUT2D eigenvalue weighted by Crippen LogP contribution is -2.64. The number of hydrogen-bond donors (Lipinski definition) is 5. The number of nitrogens with zero attached hydrogens (tertiary/aromatic N) is 8. The van der Waals surface area contributed by atoms with Crippen LogP contribution in [0.15, 0.2) is 12.2 Å². The summed E-state index contributed by atoms with van der Waals surface area (Å²) in [5.74, 6) is -9.72. The van der Waals surface area contributed by atoms with Crippen molar-refractivity contribution in [2.24, 2.45) is 47.3 Å². The standard InChI is InChI=1S/C70H128N12O12S/c1-28-31-32-47(18)59(83)58-63(87)74-56(45(14)15)69(93)79(25)54(39-95-34-33-82(29-2)30-3)67(91)75(21)51(36-41(6)7)62(86)73-55(44(12)13)68(92)76(22)50(35-40(4)5)61(85)71-48(19)60(84)72-49(20)64(88)77(23)52(37-42(8)9)65(89)78(24)53(38-43(10)11)66(90)80(26)57(46(16)17)70(94)81(58)27/h28,31,40-59,83H,29-30,32-39H2,1-27H3,(H,71,85)(H,72,84)(H,73,86)(H,74,87)/b31-28+/t47-,48-,49+,50-,51+,52-,53-,54-,55-,56-,57-,58-,59-/m1/s1. The molecule has 25 heteroatoms. The maximum absolute atomic E-state index is 15.5. The number of allylic oxidation sites excluding steroid dienone is 2. The molecule has 0 aromatic heterocycles. The van der Waals surface area contributed by atoms with Crippen LogP contribution in [-0.4, -0.2) is 262 Å². The summed E-state index contributed by atoms with van der Waals surface area (Å²) in [5.41, 5.74) is 0. The minimum Gasteiger partial charge on any atom is -0.390 e. The molecule has 0 spiro atoms. The number of nitrogens with one attached hydrogen (secondary N) is 4. The van der Waals surface area contributed by atoms with Gasteiger partial charge in [-0.15, -0.1) is 0 Å². The number of likely N-dealkylation sites (N-methyl/N-ethyl adjacent to an activating group) is 7. The molecule has 546 valence electrons. The molecule has 11 amide bonds. The normalized spacial score (nSPS) is 26.3. The van der Waals surface area contributed by atoms with E-state index in [0.717, 1.165) is 18.0 Å². The Kier molecular flexibility index (Phi) is 37.4. The molecular formula is C70H128N12O12S. The van der Waals surface area contributed by atoms with Crippen molar-refractivity contribution in [3.63, 3.8) is 0 Å². The molecule has 0 radical (unpaired) electrons. The minimum atomic E-state index is -1.64. The van der Waals surface area contributed by atoms with Gasteiger partial charge in [0, 0.05) is 67.4 Å². The second-order valence-electron chi connectivity index (χ2n) is 29.2. The average Bonchev–Trinajstić information content (AvgIpc) is 0.813. The third-order valence-corrected chi connectivity index (χ3v) is 19.3. The lowest BCUT2D eigenvalue weighted by Gasteiger charge is -2.42. The van der Waals surface area contributed by atoms with Gasteiger partial charge in [0.15, 0.2) is 0 Å². The van der Waals surface area contributed by atoms with Gasteiger partial charge in [0.1, 0.15) is 66.5 Å². The SMILES string of the molecule is C/C=C/C[C@@H](C)[C@@H](O)[C@@H]1C(=O)N[C@H](C(C)C)C(=O)N(C)[C@H](CSCCN(CC)CC)C(=O)N(C)[C@@H](CC(C)C)C(=O)N[C@H](C(C)C)C(=O)N(C)[C@H](CC(C)C)C(=O)N[C@H](C)C(=O)N[C@@H](C)C(=O)N(C)[C@H](CC(C)C)C(=O)N(C)[C@H](CC(C)C)C(=O)N(C)[C@H](C(C)C)C(=O)N1C. The second kappa shape index (κ2) is 40.8. The van der Waals surface area contributed by atoms with E-state index >= 15 is 33.6 Å². The van der Waals surface area contributed by atoms with Crippen LogP contribution in [0.5, 0.6) is 0 Å². The first-order chi connectivity index (χ1) is 44.0. The van der Waals surface area contributed by atoms with Gasteiger partial charge in [0.05, 0.1) is 6.10 Å². The second-order valence-corrected chi connectivity index (χ2v) is 30.3. The molecule has 1 aliphatic rings. The molecule has 13 atom stereocenters. The molecule has 1 fully saturated rings. The Bertz CT molecular complexity index is 2560. The molecule has 24 nitrogen and oxygen atoms in total. The van der Waals surface area contributed by atoms with E-state index in [9.17, 15) is 24.3 Å². The van der Waals surface area contributed by atoms with Crippen molar-refractivity contribution >= 4 is 76.7 Å². The van der Waals surface area contributed by atoms with Crippen LogP contribution < -0.4 is 21.3 Å². The third kappa shape index (κ3) is 25.2. The third-order valence-electron chi connectivity index (χ3n) is 18.3. The van der Waals surface area contributed by atoms with E-state index in [2.05, 4.69) is 26.2 Å². The Morgan fingerprint density at radius 2 is 0.789 bits per heavy atom. The molecule has 0 saturated carbocycles. The summed E-state index contributed by atoms with van der Waals surface area (Å²) >= 11 is 1.44. The Morgan fingerprint density at radius 3 is 1.21 bits per heavy atom. The van der Waals surface area contributed by atoms with Crippen molar-refractivity contribution in [1.82, 2.24) is 60.5 Å². The fourth-order valence-corrected chi connectivity index (χ4v) is 13.2. The van der Waals surface area contributed by atoms with Gasteiger partial charge >= 0.3 is 0 Å². The predicted octanol–water partition coefficient (Wildman–Crippen LogP) is 4.96. The molecule has 1 aliphatic heterocycles. The largest absolute Gasteiger partial charge is 0.390 e. The van der Waals surface area contributed by atoms with Crippen molar-refractivity contribution in [3.05, 3.63) is 12.2 Å². The molecule has 1 heterocycles. The van der Waals surface area contributed by atoms with Crippen LogP contribution in [0.3, 0.4) is 0 Å². The topological polar surface area (TPSA) is 282 Å². The maximum Gasteiger partial charge on any atom is 0.246 e. The molecule has 0 aromatic rings. The van der Waals surface area contributed by atoms with E-state index in [4.69, 9.17) is 0 Å². The highest BCUT2D eigenvalue weighted by Crippen LogP contribution is 2.27. The van der Waals surface area contributed by atoms with Crippen LogP contribution in [0.25, 0.3) is 0 Å². The zero-order valence-corrected chi connectivity index (χ0v) is 64.0. The van der Waals surface area contributed by atoms with Crippen LogP contribution in [0, 0.1) is 47.3 Å². The number of hydrogen-bond acceptors (Lipinski definition) is 14. The highest BCUT2D eigenvalue weighted by molar-refractivity contribution is 7.99. The van der Waals surface area contributed by atoms with Gasteiger partial charge in [-0.1, -0.05) is 130 Å². The van der Waals surface area contributed by atoms with Gasteiger partial charge in [-0.2, -0.15) is 11.8 Å². The molecule has 1 rings (SSSR count). The Morgan fingerprint density at radius 1 is 0.432 bits per heavy atom. The Balaban J connectivity index is 4.60. The van der Waals surface area contributed by atoms with Crippen molar-refractivity contribution < 1.29 is 57.8 Å². The molecule has 0 unspecified atom stereocenters. The lowest BCUT2D eigenvalue weighted by molar-refractivity contribution is -0.157. The molecular weight excluding hydrogens is 1230 g/mol. The van der Waals surface area contributed by atoms with Gasteiger partial charge in [0.2, 0.25) is 65.0 Å². The average molecular weight is 1360 g/mol. The first-order valence-electron chi connectivity index (χ1n) is 34.7. The van der Waals surface area contributed by atoms with Crippen LogP contribution in [0.2, 0.25) is 0 Å². The molecule has 5 N–H and O–H groups in total. The van der Waals surface area contributed by atoms with Gasteiger partial charge in [-0.05, 0) is 113 Å². The monoisotopic (exact) mass is 1360 g/mol. The van der Waals surface area contributed by atoms with Crippen LogP contribution in [0.1, 0.15) is 171 Å². The number of carbonyl (C=O) groups excluding carboxylic acids is 11. The highest BCUT2D eigenvalue weighted by atomic mass is 32.2.